The summed E-state index contributed by atoms with van der Waals surface area (Å²) in [6.45, 7) is 1.12. The molecule has 1 aliphatic carbocycles. The smallest absolute Gasteiger partial charge is 0.343 e. The first-order chi connectivity index (χ1) is 15.2. The van der Waals surface area contributed by atoms with E-state index in [2.05, 4.69) is 15.0 Å². The molecular weight excluding hydrogens is 452 g/mol. The minimum atomic E-state index is -3.12. The fourth-order valence-electron chi connectivity index (χ4n) is 5.02. The van der Waals surface area contributed by atoms with E-state index in [1.807, 2.05) is 24.3 Å². The number of aryl methyl sites for hydroxylation is 1. The first kappa shape index (κ1) is 23.5. The monoisotopic (exact) mass is 482 g/mol. The molecule has 8 nitrogen and oxygen atoms in total. The van der Waals surface area contributed by atoms with E-state index in [0.717, 1.165) is 37.9 Å². The van der Waals surface area contributed by atoms with Gasteiger partial charge in [-0.3, -0.25) is 9.88 Å². The Balaban J connectivity index is 1.46. The number of benzene rings is 1. The van der Waals surface area contributed by atoms with Crippen molar-refractivity contribution >= 4 is 21.4 Å². The molecule has 1 N–H and O–H groups in total. The number of morpholine rings is 1. The summed E-state index contributed by atoms with van der Waals surface area (Å²) < 4.78 is 31.1. The summed E-state index contributed by atoms with van der Waals surface area (Å²) in [7, 11) is -1.46. The van der Waals surface area contributed by atoms with Gasteiger partial charge in [-0.05, 0) is 49.8 Å². The van der Waals surface area contributed by atoms with Crippen LogP contribution in [0.1, 0.15) is 43.0 Å². The molecule has 32 heavy (non-hydrogen) atoms. The van der Waals surface area contributed by atoms with Gasteiger partial charge >= 0.3 is 5.69 Å². The quantitative estimate of drug-likeness (QED) is 0.677. The van der Waals surface area contributed by atoms with E-state index >= 15 is 0 Å². The Labute approximate surface area is 193 Å². The Hall–Kier alpha value is -1.68. The summed E-state index contributed by atoms with van der Waals surface area (Å²) in [5.74, 6) is 1.06. The molecule has 2 aliphatic rings. The van der Waals surface area contributed by atoms with Gasteiger partial charge in [-0.1, -0.05) is 23.7 Å². The first-order valence-corrected chi connectivity index (χ1v) is 13.5. The third-order valence-electron chi connectivity index (χ3n) is 6.62. The molecule has 2 aromatic rings. The Bertz CT molecular complexity index is 1070. The number of aromatic nitrogens is 3. The van der Waals surface area contributed by atoms with Crippen molar-refractivity contribution in [3.05, 3.63) is 51.2 Å². The maximum atomic E-state index is 11.9. The van der Waals surface area contributed by atoms with Crippen molar-refractivity contribution in [1.82, 2.24) is 19.7 Å². The number of nitrogens with zero attached hydrogens (tertiary/aromatic N) is 3. The fraction of sp³-hybridized carbons (Fsp3) is 0.636. The summed E-state index contributed by atoms with van der Waals surface area (Å²) in [6, 6.07) is 8.41. The Morgan fingerprint density at radius 1 is 1.19 bits per heavy atom. The van der Waals surface area contributed by atoms with Crippen LogP contribution < -0.4 is 5.69 Å². The van der Waals surface area contributed by atoms with E-state index < -0.39 is 9.84 Å². The molecule has 1 saturated heterocycles. The van der Waals surface area contributed by atoms with E-state index in [-0.39, 0.29) is 29.5 Å². The topological polar surface area (TPSA) is 97.3 Å². The second kappa shape index (κ2) is 9.67. The van der Waals surface area contributed by atoms with Gasteiger partial charge in [0, 0.05) is 42.9 Å². The zero-order chi connectivity index (χ0) is 22.9. The van der Waals surface area contributed by atoms with Gasteiger partial charge in [0.15, 0.2) is 0 Å². The van der Waals surface area contributed by atoms with Crippen molar-refractivity contribution in [3.8, 4) is 0 Å². The van der Waals surface area contributed by atoms with Gasteiger partial charge in [0.2, 0.25) is 0 Å². The number of halogens is 1. The summed E-state index contributed by atoms with van der Waals surface area (Å²) in [5, 5.41) is 5.05. The number of hydrogen-bond donors (Lipinski definition) is 1. The minimum Gasteiger partial charge on any atom is -0.374 e. The SMILES string of the molecule is Cn1nc(C2CCC(N3C[C@H](CS(C)(=O)=O)OC[C@@H]3Cc3ccc(Cl)cc3)CC2)[nH]c1=O. The van der Waals surface area contributed by atoms with Crippen molar-refractivity contribution in [1.29, 1.82) is 0 Å². The van der Waals surface area contributed by atoms with Gasteiger partial charge in [-0.2, -0.15) is 5.10 Å². The van der Waals surface area contributed by atoms with Crippen LogP contribution in [0.2, 0.25) is 5.02 Å². The number of ether oxygens (including phenoxy) is 1. The molecule has 0 radical (unpaired) electrons. The number of hydrogen-bond acceptors (Lipinski definition) is 6. The first-order valence-electron chi connectivity index (χ1n) is 11.1. The van der Waals surface area contributed by atoms with Crippen molar-refractivity contribution in [2.24, 2.45) is 7.05 Å². The molecule has 1 aromatic carbocycles. The normalized spacial score (nSPS) is 27.5. The zero-order valence-electron chi connectivity index (χ0n) is 18.5. The maximum Gasteiger partial charge on any atom is 0.343 e. The van der Waals surface area contributed by atoms with Crippen LogP contribution in [0.3, 0.4) is 0 Å². The molecule has 0 bridgehead atoms. The summed E-state index contributed by atoms with van der Waals surface area (Å²) in [4.78, 5) is 17.1. The molecule has 4 rings (SSSR count). The van der Waals surface area contributed by atoms with Gasteiger partial charge in [-0.25, -0.2) is 17.9 Å². The second-order valence-electron chi connectivity index (χ2n) is 9.17. The van der Waals surface area contributed by atoms with Crippen LogP contribution in [0.25, 0.3) is 0 Å². The van der Waals surface area contributed by atoms with Crippen LogP contribution in [0.4, 0.5) is 0 Å². The number of aromatic amines is 1. The molecule has 10 heteroatoms. The van der Waals surface area contributed by atoms with E-state index in [0.29, 0.717) is 24.2 Å². The molecule has 2 fully saturated rings. The fourth-order valence-corrected chi connectivity index (χ4v) is 6.02. The highest BCUT2D eigenvalue weighted by Crippen LogP contribution is 2.35. The lowest BCUT2D eigenvalue weighted by molar-refractivity contribution is -0.0756. The Morgan fingerprint density at radius 2 is 1.88 bits per heavy atom. The van der Waals surface area contributed by atoms with Crippen molar-refractivity contribution in [2.75, 3.05) is 25.2 Å². The standard InChI is InChI=1S/C22H31ClN4O4S/c1-26-22(28)24-21(25-26)16-5-9-18(10-6-16)27-12-20(14-32(2,29)30)31-13-19(27)11-15-3-7-17(23)8-4-15/h3-4,7-8,16,18-20H,5-6,9-14H2,1-2H3,(H,24,25,28)/t16?,18?,19-,20+/m0/s1. The van der Waals surface area contributed by atoms with Crippen molar-refractivity contribution < 1.29 is 13.2 Å². The number of nitrogens with one attached hydrogen (secondary N) is 1. The molecule has 0 unspecified atom stereocenters. The third-order valence-corrected chi connectivity index (χ3v) is 7.85. The van der Waals surface area contributed by atoms with Crippen LogP contribution in [0.15, 0.2) is 29.1 Å². The molecular formula is C22H31ClN4O4S. The lowest BCUT2D eigenvalue weighted by Crippen LogP contribution is -2.56. The van der Waals surface area contributed by atoms with Gasteiger partial charge < -0.3 is 4.74 Å². The van der Waals surface area contributed by atoms with Crippen molar-refractivity contribution in [2.45, 2.75) is 56.2 Å². The molecule has 2 heterocycles. The Morgan fingerprint density at radius 3 is 2.47 bits per heavy atom. The van der Waals surface area contributed by atoms with Crippen LogP contribution in [0, 0.1) is 0 Å². The Kier molecular flexibility index (Phi) is 7.09. The zero-order valence-corrected chi connectivity index (χ0v) is 20.1. The van der Waals surface area contributed by atoms with Gasteiger partial charge in [-0.15, -0.1) is 0 Å². The highest BCUT2D eigenvalue weighted by atomic mass is 35.5. The van der Waals surface area contributed by atoms with E-state index in [1.54, 1.807) is 7.05 Å². The number of H-pyrrole nitrogens is 1. The lowest BCUT2D eigenvalue weighted by Gasteiger charge is -2.46. The highest BCUT2D eigenvalue weighted by molar-refractivity contribution is 7.90. The molecule has 176 valence electrons. The average Bonchev–Trinajstić information content (AvgIpc) is 3.08. The second-order valence-corrected chi connectivity index (χ2v) is 11.8. The lowest BCUT2D eigenvalue weighted by atomic mass is 9.83. The molecule has 2 atom stereocenters. The predicted molar refractivity (Wildman–Crippen MR) is 124 cm³/mol. The van der Waals surface area contributed by atoms with E-state index in [9.17, 15) is 13.2 Å². The number of rotatable bonds is 6. The van der Waals surface area contributed by atoms with Crippen LogP contribution in [0.5, 0.6) is 0 Å². The van der Waals surface area contributed by atoms with Crippen LogP contribution >= 0.6 is 11.6 Å². The summed E-state index contributed by atoms with van der Waals surface area (Å²) in [5.41, 5.74) is 1.01. The summed E-state index contributed by atoms with van der Waals surface area (Å²) in [6.07, 6.45) is 5.63. The van der Waals surface area contributed by atoms with Gasteiger partial charge in [0.05, 0.1) is 18.5 Å². The van der Waals surface area contributed by atoms with Gasteiger partial charge in [0.1, 0.15) is 15.7 Å². The number of sulfone groups is 1. The minimum absolute atomic E-state index is 0.0433. The van der Waals surface area contributed by atoms with E-state index in [1.165, 1.54) is 16.5 Å². The molecule has 1 saturated carbocycles. The van der Waals surface area contributed by atoms with Crippen molar-refractivity contribution in [3.63, 3.8) is 0 Å². The predicted octanol–water partition coefficient (Wildman–Crippen LogP) is 2.14. The largest absolute Gasteiger partial charge is 0.374 e. The van der Waals surface area contributed by atoms with Crippen LogP contribution in [-0.2, 0) is 28.0 Å². The average molecular weight is 483 g/mol. The molecule has 0 spiro atoms. The molecule has 1 aromatic heterocycles. The molecule has 1 aliphatic heterocycles. The van der Waals surface area contributed by atoms with Gasteiger partial charge in [0.25, 0.3) is 0 Å². The highest BCUT2D eigenvalue weighted by Gasteiger charge is 2.37. The van der Waals surface area contributed by atoms with Crippen LogP contribution in [-0.4, -0.2) is 71.4 Å². The van der Waals surface area contributed by atoms with E-state index in [4.69, 9.17) is 16.3 Å². The molecule has 0 amide bonds. The maximum absolute atomic E-state index is 11.9. The summed E-state index contributed by atoms with van der Waals surface area (Å²) >= 11 is 6.04. The third kappa shape index (κ3) is 5.81.